The fraction of sp³-hybridized carbons (Fsp3) is 0.696. The molecule has 10 heteroatoms. The molecule has 0 bridgehead atoms. The van der Waals surface area contributed by atoms with Gasteiger partial charge in [-0.3, -0.25) is 4.90 Å². The lowest BCUT2D eigenvalue weighted by molar-refractivity contribution is -0.00677. The third-order valence-corrected chi connectivity index (χ3v) is 7.20. The number of nitrogens with zero attached hydrogens (tertiary/aromatic N) is 2. The normalized spacial score (nSPS) is 25.0. The average Bonchev–Trinajstić information content (AvgIpc) is 2.71. The van der Waals surface area contributed by atoms with Crippen LogP contribution in [0.5, 0.6) is 5.75 Å². The largest absolute Gasteiger partial charge is 0.490 e. The van der Waals surface area contributed by atoms with Gasteiger partial charge in [-0.15, -0.1) is 0 Å². The van der Waals surface area contributed by atoms with Crippen LogP contribution in [-0.2, 0) is 14.6 Å². The number of amides is 1. The van der Waals surface area contributed by atoms with Crippen LogP contribution in [0.1, 0.15) is 40.0 Å². The van der Waals surface area contributed by atoms with E-state index in [-0.39, 0.29) is 35.3 Å². The van der Waals surface area contributed by atoms with Crippen LogP contribution in [0.3, 0.4) is 0 Å². The van der Waals surface area contributed by atoms with E-state index in [1.54, 1.807) is 4.90 Å². The van der Waals surface area contributed by atoms with Crippen molar-refractivity contribution in [3.8, 4) is 5.75 Å². The Hall–Kier alpha value is -1.94. The molecular weight excluding hydrogens is 454 g/mol. The first-order valence-corrected chi connectivity index (χ1v) is 13.2. The van der Waals surface area contributed by atoms with E-state index in [2.05, 4.69) is 4.90 Å². The smallest absolute Gasteiger partial charge is 0.410 e. The zero-order chi connectivity index (χ0) is 24.4. The number of halogens is 2. The summed E-state index contributed by atoms with van der Waals surface area (Å²) in [6.45, 7) is 7.88. The summed E-state index contributed by atoms with van der Waals surface area (Å²) >= 11 is 0. The first-order valence-electron chi connectivity index (χ1n) is 11.3. The highest BCUT2D eigenvalue weighted by Gasteiger charge is 2.37. The van der Waals surface area contributed by atoms with Gasteiger partial charge in [0.15, 0.2) is 21.4 Å². The van der Waals surface area contributed by atoms with Crippen molar-refractivity contribution in [1.29, 1.82) is 0 Å². The Morgan fingerprint density at radius 1 is 1.15 bits per heavy atom. The molecule has 1 aliphatic heterocycles. The van der Waals surface area contributed by atoms with Crippen LogP contribution in [0.4, 0.5) is 13.6 Å². The van der Waals surface area contributed by atoms with Gasteiger partial charge in [-0.1, -0.05) is 0 Å². The summed E-state index contributed by atoms with van der Waals surface area (Å²) in [5.41, 5.74) is -0.544. The van der Waals surface area contributed by atoms with E-state index in [4.69, 9.17) is 9.47 Å². The van der Waals surface area contributed by atoms with E-state index in [0.29, 0.717) is 39.0 Å². The van der Waals surface area contributed by atoms with Crippen molar-refractivity contribution in [3.63, 3.8) is 0 Å². The van der Waals surface area contributed by atoms with Gasteiger partial charge in [0.25, 0.3) is 0 Å². The van der Waals surface area contributed by atoms with Crippen molar-refractivity contribution in [1.82, 2.24) is 9.80 Å². The lowest BCUT2D eigenvalue weighted by Crippen LogP contribution is -2.56. The van der Waals surface area contributed by atoms with Gasteiger partial charge >= 0.3 is 6.09 Å². The van der Waals surface area contributed by atoms with Gasteiger partial charge in [0.05, 0.1) is 11.5 Å². The molecule has 186 valence electrons. The predicted molar refractivity (Wildman–Crippen MR) is 120 cm³/mol. The van der Waals surface area contributed by atoms with E-state index in [1.807, 2.05) is 20.8 Å². The van der Waals surface area contributed by atoms with Gasteiger partial charge in [-0.05, 0) is 64.2 Å². The molecule has 0 spiro atoms. The number of piperazine rings is 1. The summed E-state index contributed by atoms with van der Waals surface area (Å²) in [7, 11) is -3.50. The summed E-state index contributed by atoms with van der Waals surface area (Å²) in [6, 6.07) is 3.34. The maximum atomic E-state index is 15.0. The van der Waals surface area contributed by atoms with Gasteiger partial charge in [-0.2, -0.15) is 0 Å². The molecule has 1 saturated heterocycles. The summed E-state index contributed by atoms with van der Waals surface area (Å²) < 4.78 is 63.2. The van der Waals surface area contributed by atoms with E-state index >= 15 is 4.39 Å². The van der Waals surface area contributed by atoms with E-state index < -0.39 is 27.4 Å². The monoisotopic (exact) mass is 488 g/mol. The molecule has 1 amide bonds. The SMILES string of the molecule is CC(C)(C)OC(=O)N1CCN([C@H]2CC[C@H](COc3ccc(S(C)(=O)=O)cc3F)C[C@@H]2F)CC1. The Morgan fingerprint density at radius 2 is 1.82 bits per heavy atom. The molecule has 1 aliphatic carbocycles. The number of hydrogen-bond acceptors (Lipinski definition) is 6. The van der Waals surface area contributed by atoms with Crippen LogP contribution < -0.4 is 4.74 Å². The van der Waals surface area contributed by atoms with Crippen molar-refractivity contribution in [3.05, 3.63) is 24.0 Å². The third-order valence-electron chi connectivity index (χ3n) is 6.09. The minimum absolute atomic E-state index is 0.0294. The van der Waals surface area contributed by atoms with Crippen molar-refractivity contribution in [2.75, 3.05) is 39.0 Å². The highest BCUT2D eigenvalue weighted by molar-refractivity contribution is 7.90. The molecule has 1 heterocycles. The van der Waals surface area contributed by atoms with Gasteiger partial charge < -0.3 is 14.4 Å². The molecule has 3 atom stereocenters. The number of sulfone groups is 1. The lowest BCUT2D eigenvalue weighted by atomic mass is 9.84. The number of rotatable bonds is 5. The number of hydrogen-bond donors (Lipinski definition) is 0. The van der Waals surface area contributed by atoms with Gasteiger partial charge in [0.2, 0.25) is 0 Å². The first kappa shape index (κ1) is 25.7. The van der Waals surface area contributed by atoms with Gasteiger partial charge in [-0.25, -0.2) is 22.0 Å². The zero-order valence-electron chi connectivity index (χ0n) is 19.7. The standard InChI is InChI=1S/C23H34F2N2O5S/c1-23(2,3)32-22(28)27-11-9-26(10-12-27)20-7-5-16(13-18(20)24)15-31-21-8-6-17(14-19(21)25)33(4,29)30/h6,8,14,16,18,20H,5,7,9-13,15H2,1-4H3/t16-,18-,20-/m0/s1. The second kappa shape index (κ2) is 10.1. The number of benzene rings is 1. The van der Waals surface area contributed by atoms with Gasteiger partial charge in [0, 0.05) is 38.5 Å². The van der Waals surface area contributed by atoms with Crippen molar-refractivity contribution in [2.24, 2.45) is 5.92 Å². The van der Waals surface area contributed by atoms with Crippen LogP contribution in [0.15, 0.2) is 23.1 Å². The molecule has 0 N–H and O–H groups in total. The highest BCUT2D eigenvalue weighted by atomic mass is 32.2. The van der Waals surface area contributed by atoms with Crippen molar-refractivity contribution >= 4 is 15.9 Å². The molecule has 2 aliphatic rings. The zero-order valence-corrected chi connectivity index (χ0v) is 20.5. The predicted octanol–water partition coefficient (Wildman–Crippen LogP) is 3.67. The maximum absolute atomic E-state index is 15.0. The van der Waals surface area contributed by atoms with Gasteiger partial charge in [0.1, 0.15) is 11.8 Å². The third kappa shape index (κ3) is 7.02. The quantitative estimate of drug-likeness (QED) is 0.630. The molecule has 1 saturated carbocycles. The molecular formula is C23H34F2N2O5S. The number of alkyl halides is 1. The summed E-state index contributed by atoms with van der Waals surface area (Å²) in [6.07, 6.45) is 1.38. The van der Waals surface area contributed by atoms with E-state index in [0.717, 1.165) is 18.7 Å². The molecule has 0 aromatic heterocycles. The Morgan fingerprint density at radius 3 is 2.36 bits per heavy atom. The molecule has 0 unspecified atom stereocenters. The number of carbonyl (C=O) groups is 1. The lowest BCUT2D eigenvalue weighted by Gasteiger charge is -2.43. The van der Waals surface area contributed by atoms with Crippen molar-refractivity contribution in [2.45, 2.75) is 62.7 Å². The van der Waals surface area contributed by atoms with E-state index in [1.165, 1.54) is 12.1 Å². The van der Waals surface area contributed by atoms with Crippen LogP contribution >= 0.6 is 0 Å². The van der Waals surface area contributed by atoms with Crippen LogP contribution in [0.25, 0.3) is 0 Å². The molecule has 1 aromatic carbocycles. The summed E-state index contributed by atoms with van der Waals surface area (Å²) in [4.78, 5) is 15.9. The van der Waals surface area contributed by atoms with E-state index in [9.17, 15) is 17.6 Å². The van der Waals surface area contributed by atoms with Crippen LogP contribution in [-0.4, -0.2) is 81.2 Å². The minimum atomic E-state index is -3.50. The highest BCUT2D eigenvalue weighted by Crippen LogP contribution is 2.32. The first-order chi connectivity index (χ1) is 15.3. The maximum Gasteiger partial charge on any atom is 0.410 e. The summed E-state index contributed by atoms with van der Waals surface area (Å²) in [5, 5.41) is 0. The number of ether oxygens (including phenoxy) is 2. The van der Waals surface area contributed by atoms with Crippen LogP contribution in [0, 0.1) is 11.7 Å². The molecule has 2 fully saturated rings. The average molecular weight is 489 g/mol. The Balaban J connectivity index is 1.46. The number of carbonyl (C=O) groups excluding carboxylic acids is 1. The topological polar surface area (TPSA) is 76.2 Å². The Bertz CT molecular complexity index is 943. The Kier molecular flexibility index (Phi) is 7.88. The fourth-order valence-corrected chi connectivity index (χ4v) is 4.98. The fourth-order valence-electron chi connectivity index (χ4n) is 4.34. The second-order valence-corrected chi connectivity index (χ2v) is 12.0. The van der Waals surface area contributed by atoms with Crippen molar-refractivity contribution < 1.29 is 31.5 Å². The molecule has 33 heavy (non-hydrogen) atoms. The molecule has 7 nitrogen and oxygen atoms in total. The minimum Gasteiger partial charge on any atom is -0.490 e. The molecule has 1 aromatic rings. The summed E-state index contributed by atoms with van der Waals surface area (Å²) in [5.74, 6) is -0.822. The molecule has 3 rings (SSSR count). The van der Waals surface area contributed by atoms with Crippen LogP contribution in [0.2, 0.25) is 0 Å². The Labute approximate surface area is 194 Å². The second-order valence-electron chi connectivity index (χ2n) is 9.94. The molecule has 0 radical (unpaired) electrons.